The topological polar surface area (TPSA) is 71.1 Å². The molecule has 0 radical (unpaired) electrons. The van der Waals surface area contributed by atoms with Crippen LogP contribution in [0.3, 0.4) is 0 Å². The number of rotatable bonds is 3. The maximum atomic E-state index is 12.6. The van der Waals surface area contributed by atoms with E-state index in [1.54, 1.807) is 4.90 Å². The zero-order valence-corrected chi connectivity index (χ0v) is 13.3. The highest BCUT2D eigenvalue weighted by atomic mass is 16.2. The number of hydrogen-bond acceptors (Lipinski definition) is 4. The van der Waals surface area contributed by atoms with Crippen molar-refractivity contribution in [2.75, 3.05) is 26.2 Å². The van der Waals surface area contributed by atoms with Gasteiger partial charge >= 0.3 is 0 Å². The first-order valence-electron chi connectivity index (χ1n) is 8.06. The molecule has 0 aromatic heterocycles. The molecule has 1 aromatic rings. The summed E-state index contributed by atoms with van der Waals surface area (Å²) in [5.74, 6) is 0.851. The lowest BCUT2D eigenvalue weighted by molar-refractivity contribution is -0.141. The van der Waals surface area contributed by atoms with Crippen LogP contribution < -0.4 is 0 Å². The van der Waals surface area contributed by atoms with Crippen molar-refractivity contribution >= 4 is 5.91 Å². The zero-order chi connectivity index (χ0) is 16.4. The number of carbonyl (C=O) groups is 1. The van der Waals surface area contributed by atoms with E-state index in [-0.39, 0.29) is 17.7 Å². The molecular formula is C18H20N4O. The summed E-state index contributed by atoms with van der Waals surface area (Å²) >= 11 is 0. The summed E-state index contributed by atoms with van der Waals surface area (Å²) in [5.41, 5.74) is 1.86. The van der Waals surface area contributed by atoms with E-state index in [4.69, 9.17) is 10.5 Å². The van der Waals surface area contributed by atoms with Gasteiger partial charge in [-0.3, -0.25) is 4.79 Å². The fraction of sp³-hybridized carbons (Fsp3) is 0.500. The highest BCUT2D eigenvalue weighted by molar-refractivity contribution is 5.80. The Morgan fingerprint density at radius 2 is 1.91 bits per heavy atom. The number of hydrogen-bond donors (Lipinski definition) is 0. The van der Waals surface area contributed by atoms with Gasteiger partial charge < -0.3 is 9.80 Å². The van der Waals surface area contributed by atoms with Gasteiger partial charge in [0.05, 0.1) is 11.6 Å². The molecule has 5 heteroatoms. The van der Waals surface area contributed by atoms with Gasteiger partial charge in [-0.05, 0) is 30.0 Å². The summed E-state index contributed by atoms with van der Waals surface area (Å²) in [4.78, 5) is 16.2. The van der Waals surface area contributed by atoms with E-state index in [2.05, 4.69) is 12.3 Å². The van der Waals surface area contributed by atoms with Crippen molar-refractivity contribution in [3.8, 4) is 12.3 Å². The van der Waals surface area contributed by atoms with Crippen LogP contribution in [0.4, 0.5) is 0 Å². The van der Waals surface area contributed by atoms with Crippen molar-refractivity contribution in [1.82, 2.24) is 9.80 Å². The zero-order valence-electron chi connectivity index (χ0n) is 13.3. The third-order valence-corrected chi connectivity index (χ3v) is 5.17. The maximum Gasteiger partial charge on any atom is 0.225 e. The number of likely N-dealkylation sites (tertiary alicyclic amines) is 2. The Hall–Kier alpha value is -2.53. The molecule has 0 bridgehead atoms. The monoisotopic (exact) mass is 308 g/mol. The Kier molecular flexibility index (Phi) is 4.21. The van der Waals surface area contributed by atoms with Gasteiger partial charge in [0.1, 0.15) is 0 Å². The Morgan fingerprint density at radius 3 is 2.48 bits per heavy atom. The summed E-state index contributed by atoms with van der Waals surface area (Å²) < 4.78 is 0. The van der Waals surface area contributed by atoms with E-state index in [0.717, 1.165) is 26.1 Å². The fourth-order valence-electron chi connectivity index (χ4n) is 3.48. The van der Waals surface area contributed by atoms with Gasteiger partial charge in [0.2, 0.25) is 5.91 Å². The maximum absolute atomic E-state index is 12.6. The summed E-state index contributed by atoms with van der Waals surface area (Å²) in [5, 5.41) is 17.8. The number of nitriles is 2. The number of nitrogens with zero attached hydrogens (tertiary/aromatic N) is 4. The Morgan fingerprint density at radius 1 is 1.22 bits per heavy atom. The summed E-state index contributed by atoms with van der Waals surface area (Å²) in [6.07, 6.45) is 3.09. The van der Waals surface area contributed by atoms with Crippen LogP contribution in [0.1, 0.15) is 30.4 Å². The highest BCUT2D eigenvalue weighted by Gasteiger charge is 2.38. The first kappa shape index (κ1) is 15.4. The van der Waals surface area contributed by atoms with Gasteiger partial charge in [0, 0.05) is 38.0 Å². The van der Waals surface area contributed by atoms with Gasteiger partial charge in [-0.1, -0.05) is 19.1 Å². The lowest BCUT2D eigenvalue weighted by Gasteiger charge is -2.41. The van der Waals surface area contributed by atoms with Gasteiger partial charge in [0.25, 0.3) is 0 Å². The first-order chi connectivity index (χ1) is 11.1. The molecule has 0 saturated carbocycles. The molecule has 3 rings (SSSR count). The lowest BCUT2D eigenvalue weighted by atomic mass is 9.87. The first-order valence-corrected chi connectivity index (χ1v) is 8.06. The SMILES string of the molecule is CC(C(=O)N1CC(c2ccc(C#N)cc2)C1)[C@@H]1CCN(C#N)C1. The van der Waals surface area contributed by atoms with E-state index < -0.39 is 0 Å². The van der Waals surface area contributed by atoms with Crippen LogP contribution in [0.25, 0.3) is 0 Å². The van der Waals surface area contributed by atoms with Gasteiger partial charge in [-0.2, -0.15) is 10.5 Å². The summed E-state index contributed by atoms with van der Waals surface area (Å²) in [6.45, 7) is 4.97. The van der Waals surface area contributed by atoms with Crippen molar-refractivity contribution in [2.45, 2.75) is 19.3 Å². The predicted octanol–water partition coefficient (Wildman–Crippen LogP) is 1.92. The van der Waals surface area contributed by atoms with Crippen LogP contribution in [0.15, 0.2) is 24.3 Å². The van der Waals surface area contributed by atoms with Crippen molar-refractivity contribution in [1.29, 1.82) is 10.5 Å². The molecule has 2 aliphatic heterocycles. The molecule has 1 aromatic carbocycles. The van der Waals surface area contributed by atoms with E-state index >= 15 is 0 Å². The van der Waals surface area contributed by atoms with Gasteiger partial charge in [-0.15, -0.1) is 0 Å². The molecule has 2 atom stereocenters. The largest absolute Gasteiger partial charge is 0.341 e. The fourth-order valence-corrected chi connectivity index (χ4v) is 3.48. The number of carbonyl (C=O) groups excluding carboxylic acids is 1. The molecule has 1 unspecified atom stereocenters. The van der Waals surface area contributed by atoms with Crippen LogP contribution in [0.5, 0.6) is 0 Å². The van der Waals surface area contributed by atoms with Crippen LogP contribution in [-0.2, 0) is 4.79 Å². The van der Waals surface area contributed by atoms with E-state index in [0.29, 0.717) is 18.0 Å². The number of benzene rings is 1. The van der Waals surface area contributed by atoms with Crippen molar-refractivity contribution in [2.24, 2.45) is 11.8 Å². The Labute approximate surface area is 136 Å². The average Bonchev–Trinajstić information content (AvgIpc) is 3.02. The Bertz CT molecular complexity index is 664. The molecule has 0 spiro atoms. The molecule has 2 fully saturated rings. The lowest BCUT2D eigenvalue weighted by Crippen LogP contribution is -2.51. The van der Waals surface area contributed by atoms with E-state index in [1.165, 1.54) is 5.56 Å². The minimum absolute atomic E-state index is 0.0183. The summed E-state index contributed by atoms with van der Waals surface area (Å²) in [6, 6.07) is 9.75. The molecule has 2 saturated heterocycles. The second-order valence-corrected chi connectivity index (χ2v) is 6.56. The van der Waals surface area contributed by atoms with Crippen molar-refractivity contribution < 1.29 is 4.79 Å². The molecule has 23 heavy (non-hydrogen) atoms. The summed E-state index contributed by atoms with van der Waals surface area (Å²) in [7, 11) is 0. The second-order valence-electron chi connectivity index (χ2n) is 6.56. The third-order valence-electron chi connectivity index (χ3n) is 5.17. The van der Waals surface area contributed by atoms with Crippen LogP contribution >= 0.6 is 0 Å². The van der Waals surface area contributed by atoms with Crippen LogP contribution in [0.2, 0.25) is 0 Å². The molecule has 118 valence electrons. The number of amides is 1. The molecule has 1 amide bonds. The highest BCUT2D eigenvalue weighted by Crippen LogP contribution is 2.31. The predicted molar refractivity (Wildman–Crippen MR) is 84.9 cm³/mol. The van der Waals surface area contributed by atoms with Gasteiger partial charge in [0.15, 0.2) is 6.19 Å². The third kappa shape index (κ3) is 3.00. The van der Waals surface area contributed by atoms with Gasteiger partial charge in [-0.25, -0.2) is 0 Å². The Balaban J connectivity index is 1.53. The molecule has 2 heterocycles. The van der Waals surface area contributed by atoms with E-state index in [9.17, 15) is 4.79 Å². The smallest absolute Gasteiger partial charge is 0.225 e. The molecule has 0 N–H and O–H groups in total. The molecule has 5 nitrogen and oxygen atoms in total. The minimum atomic E-state index is -0.0183. The molecule has 0 aliphatic carbocycles. The van der Waals surface area contributed by atoms with Crippen molar-refractivity contribution in [3.63, 3.8) is 0 Å². The van der Waals surface area contributed by atoms with Crippen molar-refractivity contribution in [3.05, 3.63) is 35.4 Å². The minimum Gasteiger partial charge on any atom is -0.341 e. The molecular weight excluding hydrogens is 288 g/mol. The second kappa shape index (κ2) is 6.30. The van der Waals surface area contributed by atoms with Crippen LogP contribution in [-0.4, -0.2) is 41.9 Å². The van der Waals surface area contributed by atoms with Crippen LogP contribution in [0, 0.1) is 34.6 Å². The normalized spacial score (nSPS) is 22.1. The quantitative estimate of drug-likeness (QED) is 0.800. The van der Waals surface area contributed by atoms with E-state index in [1.807, 2.05) is 36.1 Å². The average molecular weight is 308 g/mol. The standard InChI is InChI=1S/C18H20N4O/c1-13(16-6-7-21(9-16)12-20)18(23)22-10-17(11-22)15-4-2-14(8-19)3-5-15/h2-5,13,16-17H,6-7,9-11H2,1H3/t13?,16-/m1/s1. The molecule has 2 aliphatic rings.